The van der Waals surface area contributed by atoms with E-state index in [0.717, 1.165) is 36.6 Å². The molecule has 0 radical (unpaired) electrons. The minimum atomic E-state index is -4.70. The molecule has 0 bridgehead atoms. The van der Waals surface area contributed by atoms with Crippen molar-refractivity contribution in [3.8, 4) is 16.5 Å². The third kappa shape index (κ3) is 5.18. The molecule has 0 aliphatic heterocycles. The van der Waals surface area contributed by atoms with Gasteiger partial charge in [-0.1, -0.05) is 19.1 Å². The molecule has 1 aromatic heterocycles. The average Bonchev–Trinajstić information content (AvgIpc) is 3.26. The molecule has 0 fully saturated rings. The number of hydrogen-bond donors (Lipinski definition) is 1. The molecule has 33 heavy (non-hydrogen) atoms. The lowest BCUT2D eigenvalue weighted by Gasteiger charge is -2.17. The Labute approximate surface area is 192 Å². The summed E-state index contributed by atoms with van der Waals surface area (Å²) in [5, 5.41) is 9.06. The van der Waals surface area contributed by atoms with Gasteiger partial charge in [-0.3, -0.25) is 4.72 Å². The molecule has 3 rings (SSSR count). The number of carbonyl (C=O) groups is 1. The van der Waals surface area contributed by atoms with E-state index < -0.39 is 27.7 Å². The predicted octanol–water partition coefficient (Wildman–Crippen LogP) is 5.46. The number of alkyl halides is 3. The number of halogens is 3. The molecule has 0 spiro atoms. The molecule has 1 N–H and O–H groups in total. The molecule has 0 saturated heterocycles. The van der Waals surface area contributed by atoms with Gasteiger partial charge in [0.25, 0.3) is 10.0 Å². The number of nitrogens with one attached hydrogen (secondary N) is 1. The third-order valence-electron chi connectivity index (χ3n) is 4.73. The molecule has 0 aliphatic carbocycles. The summed E-state index contributed by atoms with van der Waals surface area (Å²) in [6, 6.07) is 11.6. The van der Waals surface area contributed by atoms with Crippen LogP contribution in [0.5, 0.6) is 0 Å². The van der Waals surface area contributed by atoms with E-state index in [-0.39, 0.29) is 21.7 Å². The number of thiophene rings is 1. The molecule has 6 nitrogen and oxygen atoms in total. The lowest BCUT2D eigenvalue weighted by atomic mass is 10.1. The molecule has 172 valence electrons. The maximum atomic E-state index is 13.3. The maximum Gasteiger partial charge on any atom is 0.416 e. The van der Waals surface area contributed by atoms with Crippen molar-refractivity contribution in [2.75, 3.05) is 11.8 Å². The fourth-order valence-corrected chi connectivity index (χ4v) is 5.35. The van der Waals surface area contributed by atoms with Crippen LogP contribution >= 0.6 is 11.3 Å². The molecule has 0 amide bonds. The summed E-state index contributed by atoms with van der Waals surface area (Å²) in [7, 11) is -3.25. The standard InChI is InChI=1S/C22H17F3N2O4S2/c1-3-13-4-5-14(21(28)31-2)10-20(13)33(29,30)27-18-11-15(22(23,24)25)6-8-17(18)19-9-7-16(12-26)32-19/h4-11,27H,3H2,1-2H3. The van der Waals surface area contributed by atoms with Crippen LogP contribution in [-0.4, -0.2) is 21.5 Å². The average molecular weight is 495 g/mol. The number of rotatable bonds is 6. The Bertz CT molecular complexity index is 1360. The number of esters is 1. The zero-order chi connectivity index (χ0) is 24.4. The number of carbonyl (C=O) groups excluding carboxylic acids is 1. The SMILES string of the molecule is CCc1ccc(C(=O)OC)cc1S(=O)(=O)Nc1cc(C(F)(F)F)ccc1-c1ccc(C#N)s1. The first kappa shape index (κ1) is 24.3. The van der Waals surface area contributed by atoms with Gasteiger partial charge in [-0.15, -0.1) is 11.3 Å². The van der Waals surface area contributed by atoms with Crippen LogP contribution in [0.15, 0.2) is 53.4 Å². The van der Waals surface area contributed by atoms with E-state index in [2.05, 4.69) is 9.46 Å². The van der Waals surface area contributed by atoms with Gasteiger partial charge in [-0.2, -0.15) is 18.4 Å². The Morgan fingerprint density at radius 1 is 1.15 bits per heavy atom. The van der Waals surface area contributed by atoms with Crippen LogP contribution in [0.1, 0.15) is 33.3 Å². The number of hydrogen-bond acceptors (Lipinski definition) is 6. The van der Waals surface area contributed by atoms with Crippen molar-refractivity contribution in [2.24, 2.45) is 0 Å². The van der Waals surface area contributed by atoms with E-state index in [1.54, 1.807) is 6.92 Å². The molecule has 11 heteroatoms. The number of aryl methyl sites for hydroxylation is 1. The molecule has 0 aliphatic rings. The monoisotopic (exact) mass is 494 g/mol. The summed E-state index contributed by atoms with van der Waals surface area (Å²) >= 11 is 1.01. The first-order chi connectivity index (χ1) is 15.5. The van der Waals surface area contributed by atoms with Crippen LogP contribution < -0.4 is 4.72 Å². The Morgan fingerprint density at radius 2 is 1.88 bits per heavy atom. The quantitative estimate of drug-likeness (QED) is 0.460. The van der Waals surface area contributed by atoms with Crippen molar-refractivity contribution in [2.45, 2.75) is 24.4 Å². The first-order valence-electron chi connectivity index (χ1n) is 9.45. The fourth-order valence-electron chi connectivity index (χ4n) is 3.10. The van der Waals surface area contributed by atoms with Crippen LogP contribution in [0.4, 0.5) is 18.9 Å². The zero-order valence-corrected chi connectivity index (χ0v) is 19.0. The molecule has 2 aromatic carbocycles. The van der Waals surface area contributed by atoms with E-state index in [4.69, 9.17) is 5.26 Å². The van der Waals surface area contributed by atoms with Crippen molar-refractivity contribution in [1.82, 2.24) is 0 Å². The van der Waals surface area contributed by atoms with Crippen molar-refractivity contribution in [3.63, 3.8) is 0 Å². The number of sulfonamides is 1. The number of nitrogens with zero attached hydrogens (tertiary/aromatic N) is 1. The number of ether oxygens (including phenoxy) is 1. The van der Waals surface area contributed by atoms with Crippen LogP contribution in [0.2, 0.25) is 0 Å². The Balaban J connectivity index is 2.16. The van der Waals surface area contributed by atoms with Crippen molar-refractivity contribution >= 4 is 33.0 Å². The van der Waals surface area contributed by atoms with Crippen molar-refractivity contribution in [3.05, 3.63) is 70.1 Å². The second kappa shape index (κ2) is 9.25. The normalized spacial score (nSPS) is 11.6. The van der Waals surface area contributed by atoms with Crippen molar-refractivity contribution < 1.29 is 31.1 Å². The van der Waals surface area contributed by atoms with Gasteiger partial charge in [-0.05, 0) is 48.4 Å². The summed E-state index contributed by atoms with van der Waals surface area (Å²) in [4.78, 5) is 12.4. The van der Waals surface area contributed by atoms with Gasteiger partial charge < -0.3 is 4.74 Å². The van der Waals surface area contributed by atoms with E-state index in [1.165, 1.54) is 24.3 Å². The first-order valence-corrected chi connectivity index (χ1v) is 11.8. The van der Waals surface area contributed by atoms with Gasteiger partial charge in [-0.25, -0.2) is 13.2 Å². The van der Waals surface area contributed by atoms with E-state index in [0.29, 0.717) is 27.8 Å². The summed E-state index contributed by atoms with van der Waals surface area (Å²) in [5.41, 5.74) is -0.815. The van der Waals surface area contributed by atoms with E-state index in [1.807, 2.05) is 6.07 Å². The Hall–Kier alpha value is -3.36. The summed E-state index contributed by atoms with van der Waals surface area (Å²) in [6.07, 6.45) is -4.41. The van der Waals surface area contributed by atoms with Crippen LogP contribution in [0, 0.1) is 11.3 Å². The number of nitriles is 1. The smallest absolute Gasteiger partial charge is 0.416 e. The topological polar surface area (TPSA) is 96.3 Å². The number of methoxy groups -OCH3 is 1. The van der Waals surface area contributed by atoms with Gasteiger partial charge in [0.2, 0.25) is 0 Å². The lowest BCUT2D eigenvalue weighted by molar-refractivity contribution is -0.137. The lowest BCUT2D eigenvalue weighted by Crippen LogP contribution is -2.17. The van der Waals surface area contributed by atoms with Crippen LogP contribution in [-0.2, 0) is 27.4 Å². The Morgan fingerprint density at radius 3 is 2.45 bits per heavy atom. The highest BCUT2D eigenvalue weighted by Crippen LogP contribution is 2.39. The molecule has 0 unspecified atom stereocenters. The molecular formula is C22H17F3N2O4S2. The molecule has 3 aromatic rings. The molecule has 1 heterocycles. The van der Waals surface area contributed by atoms with E-state index >= 15 is 0 Å². The maximum absolute atomic E-state index is 13.3. The number of benzene rings is 2. The molecule has 0 saturated carbocycles. The molecule has 0 atom stereocenters. The van der Waals surface area contributed by atoms with Gasteiger partial charge in [0.1, 0.15) is 10.9 Å². The van der Waals surface area contributed by atoms with Crippen LogP contribution in [0.3, 0.4) is 0 Å². The van der Waals surface area contributed by atoms with Gasteiger partial charge in [0.05, 0.1) is 28.8 Å². The van der Waals surface area contributed by atoms with Gasteiger partial charge in [0, 0.05) is 10.4 Å². The highest BCUT2D eigenvalue weighted by atomic mass is 32.2. The Kier molecular flexibility index (Phi) is 6.81. The summed E-state index contributed by atoms with van der Waals surface area (Å²) in [6.45, 7) is 1.71. The highest BCUT2D eigenvalue weighted by Gasteiger charge is 2.32. The summed E-state index contributed by atoms with van der Waals surface area (Å²) < 4.78 is 73.4. The fraction of sp³-hybridized carbons (Fsp3) is 0.182. The van der Waals surface area contributed by atoms with E-state index in [9.17, 15) is 26.4 Å². The molecular weight excluding hydrogens is 477 g/mol. The van der Waals surface area contributed by atoms with Gasteiger partial charge >= 0.3 is 12.1 Å². The second-order valence-corrected chi connectivity index (χ2v) is 9.54. The second-order valence-electron chi connectivity index (χ2n) is 6.81. The number of anilines is 1. The van der Waals surface area contributed by atoms with Crippen LogP contribution in [0.25, 0.3) is 10.4 Å². The third-order valence-corrected chi connectivity index (χ3v) is 7.20. The summed E-state index contributed by atoms with van der Waals surface area (Å²) in [5.74, 6) is -0.753. The van der Waals surface area contributed by atoms with Gasteiger partial charge in [0.15, 0.2) is 0 Å². The zero-order valence-electron chi connectivity index (χ0n) is 17.4. The largest absolute Gasteiger partial charge is 0.465 e. The van der Waals surface area contributed by atoms with Crippen molar-refractivity contribution in [1.29, 1.82) is 5.26 Å². The minimum absolute atomic E-state index is 0.0174. The highest BCUT2D eigenvalue weighted by molar-refractivity contribution is 7.92. The minimum Gasteiger partial charge on any atom is -0.465 e. The predicted molar refractivity (Wildman–Crippen MR) is 117 cm³/mol.